The molecule has 60 heavy (non-hydrogen) atoms. The SMILES string of the molecule is COc1cc2c(OC)cnc(OC3CC4C(=O)NC5(C(=O)NS(=O)(=O)C6(C)CC6)CC5C=CC(C)CCCC(C)C(NC(=O)OC(C)(C)C(F)(F)F)C(=O)N4C3)c2cc1F. The van der Waals surface area contributed by atoms with Crippen molar-refractivity contribution in [2.45, 2.75) is 120 Å². The van der Waals surface area contributed by atoms with E-state index in [-0.39, 0.29) is 48.1 Å². The van der Waals surface area contributed by atoms with Crippen molar-refractivity contribution in [3.8, 4) is 17.4 Å². The molecule has 15 nitrogen and oxygen atoms in total. The number of carbonyl (C=O) groups is 4. The van der Waals surface area contributed by atoms with Gasteiger partial charge in [0.1, 0.15) is 29.5 Å². The van der Waals surface area contributed by atoms with Gasteiger partial charge in [0.05, 0.1) is 37.1 Å². The van der Waals surface area contributed by atoms with Crippen molar-refractivity contribution < 1.29 is 64.1 Å². The number of ether oxygens (including phenoxy) is 4. The zero-order valence-electron chi connectivity index (χ0n) is 34.4. The number of allylic oxidation sites excluding steroid dienone is 1. The molecule has 3 heterocycles. The summed E-state index contributed by atoms with van der Waals surface area (Å²) in [6.45, 7) is 6.07. The number of carbonyl (C=O) groups excluding carboxylic acids is 4. The molecule has 2 aliphatic heterocycles. The first kappa shape index (κ1) is 44.7. The molecule has 4 amide bonds. The number of pyridine rings is 1. The molecule has 3 N–H and O–H groups in total. The highest BCUT2D eigenvalue weighted by atomic mass is 32.2. The van der Waals surface area contributed by atoms with Gasteiger partial charge in [-0.1, -0.05) is 32.4 Å². The van der Waals surface area contributed by atoms with E-state index < -0.39 is 91.7 Å². The summed E-state index contributed by atoms with van der Waals surface area (Å²) in [6, 6.07) is -0.399. The lowest BCUT2D eigenvalue weighted by molar-refractivity contribution is -0.244. The van der Waals surface area contributed by atoms with Gasteiger partial charge in [0, 0.05) is 17.7 Å². The highest BCUT2D eigenvalue weighted by molar-refractivity contribution is 7.91. The number of benzene rings is 1. The summed E-state index contributed by atoms with van der Waals surface area (Å²) in [5.74, 6) is -4.66. The van der Waals surface area contributed by atoms with E-state index >= 15 is 4.39 Å². The van der Waals surface area contributed by atoms with E-state index in [0.29, 0.717) is 51.3 Å². The van der Waals surface area contributed by atoms with Crippen LogP contribution in [-0.4, -0.2) is 103 Å². The average molecular weight is 870 g/mol. The van der Waals surface area contributed by atoms with Crippen molar-refractivity contribution in [1.82, 2.24) is 25.2 Å². The lowest BCUT2D eigenvalue weighted by Crippen LogP contribution is -2.59. The van der Waals surface area contributed by atoms with E-state index in [2.05, 4.69) is 20.3 Å². The van der Waals surface area contributed by atoms with E-state index in [9.17, 15) is 40.8 Å². The Bertz CT molecular complexity index is 2180. The number of alkyl carbamates (subject to hydrolysis) is 1. The normalized spacial score (nSPS) is 28.3. The molecule has 4 aliphatic rings. The van der Waals surface area contributed by atoms with Crippen LogP contribution >= 0.6 is 0 Å². The van der Waals surface area contributed by atoms with Crippen molar-refractivity contribution in [3.05, 3.63) is 36.3 Å². The summed E-state index contributed by atoms with van der Waals surface area (Å²) in [7, 11) is -1.44. The van der Waals surface area contributed by atoms with E-state index in [0.717, 1.165) is 11.0 Å². The van der Waals surface area contributed by atoms with Crippen molar-refractivity contribution in [1.29, 1.82) is 0 Å². The number of aromatic nitrogens is 1. The summed E-state index contributed by atoms with van der Waals surface area (Å²) < 4.78 is 105. The molecule has 7 unspecified atom stereocenters. The van der Waals surface area contributed by atoms with Crippen molar-refractivity contribution in [3.63, 3.8) is 0 Å². The number of nitrogens with zero attached hydrogens (tertiary/aromatic N) is 2. The molecule has 6 rings (SSSR count). The molecule has 0 radical (unpaired) electrons. The maximum absolute atomic E-state index is 15.1. The fraction of sp³-hybridized carbons (Fsp3) is 0.625. The maximum Gasteiger partial charge on any atom is 0.427 e. The van der Waals surface area contributed by atoms with Crippen LogP contribution in [0.2, 0.25) is 0 Å². The molecular formula is C40H51F4N5O10S. The van der Waals surface area contributed by atoms with E-state index in [1.807, 2.05) is 13.0 Å². The van der Waals surface area contributed by atoms with Gasteiger partial charge in [-0.15, -0.1) is 0 Å². The minimum Gasteiger partial charge on any atom is -0.494 e. The Morgan fingerprint density at radius 1 is 1.02 bits per heavy atom. The quantitative estimate of drug-likeness (QED) is 0.226. The second-order valence-electron chi connectivity index (χ2n) is 17.1. The number of fused-ring (bicyclic) bond motifs is 3. The van der Waals surface area contributed by atoms with Crippen LogP contribution in [0, 0.1) is 23.6 Å². The third-order valence-electron chi connectivity index (χ3n) is 12.2. The van der Waals surface area contributed by atoms with Gasteiger partial charge in [0.15, 0.2) is 11.6 Å². The number of hydrogen-bond acceptors (Lipinski definition) is 11. The Morgan fingerprint density at radius 2 is 1.70 bits per heavy atom. The fourth-order valence-electron chi connectivity index (χ4n) is 7.62. The highest BCUT2D eigenvalue weighted by Gasteiger charge is 2.63. The largest absolute Gasteiger partial charge is 0.494 e. The van der Waals surface area contributed by atoms with Gasteiger partial charge in [-0.2, -0.15) is 13.2 Å². The lowest BCUT2D eigenvalue weighted by atomic mass is 9.92. The van der Waals surface area contributed by atoms with Crippen molar-refractivity contribution >= 4 is 44.6 Å². The smallest absolute Gasteiger partial charge is 0.427 e. The van der Waals surface area contributed by atoms with Gasteiger partial charge in [-0.3, -0.25) is 19.1 Å². The zero-order chi connectivity index (χ0) is 44.2. The minimum absolute atomic E-state index is 0.0550. The van der Waals surface area contributed by atoms with Gasteiger partial charge >= 0.3 is 12.3 Å². The lowest BCUT2D eigenvalue weighted by Gasteiger charge is -2.33. The Balaban J connectivity index is 1.37. The molecule has 330 valence electrons. The standard InChI is InChI=1S/C40H51F4N5O10S/c1-21-9-8-10-22(2)31(46-36(53)59-37(3,4)40(42,43)44)34(51)49-20-24(58-33-26-16-27(41)29(56-6)17-25(26)30(57-7)19-45-33)15-28(49)32(50)47-39(18-23(39)12-11-21)35(52)48-60(54,55)38(5)13-14-38/h11-12,16-17,19,21-24,28,31H,8-10,13-15,18,20H2,1-7H3,(H,46,53)(H,47,50)(H,48,52). The van der Waals surface area contributed by atoms with Crippen LogP contribution in [0.15, 0.2) is 30.5 Å². The highest BCUT2D eigenvalue weighted by Crippen LogP contribution is 2.48. The number of methoxy groups -OCH3 is 2. The molecule has 0 bridgehead atoms. The van der Waals surface area contributed by atoms with Gasteiger partial charge in [-0.25, -0.2) is 22.6 Å². The Morgan fingerprint density at radius 3 is 2.33 bits per heavy atom. The maximum atomic E-state index is 15.1. The third-order valence-corrected chi connectivity index (χ3v) is 14.3. The minimum atomic E-state index is -4.94. The van der Waals surface area contributed by atoms with E-state index in [1.54, 1.807) is 13.0 Å². The van der Waals surface area contributed by atoms with Crippen LogP contribution < -0.4 is 29.6 Å². The number of sulfonamides is 1. The average Bonchev–Trinajstić information content (AvgIpc) is 4.05. The number of rotatable bonds is 9. The number of halogens is 4. The molecule has 2 aliphatic carbocycles. The van der Waals surface area contributed by atoms with Crippen LogP contribution in [0.1, 0.15) is 79.6 Å². The second-order valence-corrected chi connectivity index (χ2v) is 19.3. The molecule has 7 atom stereocenters. The van der Waals surface area contributed by atoms with Crippen LogP contribution in [0.5, 0.6) is 17.4 Å². The van der Waals surface area contributed by atoms with Crippen LogP contribution in [0.4, 0.5) is 22.4 Å². The molecule has 0 spiro atoms. The fourth-order valence-corrected chi connectivity index (χ4v) is 8.94. The predicted octanol–water partition coefficient (Wildman–Crippen LogP) is 5.06. The predicted molar refractivity (Wildman–Crippen MR) is 208 cm³/mol. The van der Waals surface area contributed by atoms with Crippen LogP contribution in [-0.2, 0) is 29.1 Å². The molecule has 1 aromatic heterocycles. The number of amides is 4. The Hall–Kier alpha value is -4.88. The monoisotopic (exact) mass is 869 g/mol. The van der Waals surface area contributed by atoms with Crippen LogP contribution in [0.25, 0.3) is 10.8 Å². The Labute approximate surface area is 345 Å². The first-order valence-electron chi connectivity index (χ1n) is 19.8. The molecule has 1 aromatic carbocycles. The summed E-state index contributed by atoms with van der Waals surface area (Å²) >= 11 is 0. The van der Waals surface area contributed by atoms with Crippen LogP contribution in [0.3, 0.4) is 0 Å². The molecule has 20 heteroatoms. The molecule has 1 saturated heterocycles. The first-order valence-corrected chi connectivity index (χ1v) is 21.2. The summed E-state index contributed by atoms with van der Waals surface area (Å²) in [5, 5.41) is 5.62. The van der Waals surface area contributed by atoms with E-state index in [4.69, 9.17) is 18.9 Å². The topological polar surface area (TPSA) is 192 Å². The first-order chi connectivity index (χ1) is 28.0. The molecule has 2 saturated carbocycles. The second kappa shape index (κ2) is 16.2. The van der Waals surface area contributed by atoms with Gasteiger partial charge in [0.25, 0.3) is 5.91 Å². The van der Waals surface area contributed by atoms with Crippen molar-refractivity contribution in [2.24, 2.45) is 17.8 Å². The van der Waals surface area contributed by atoms with Crippen molar-refractivity contribution in [2.75, 3.05) is 20.8 Å². The molecule has 3 fully saturated rings. The van der Waals surface area contributed by atoms with Gasteiger partial charge < -0.3 is 34.5 Å². The molecule has 2 aromatic rings. The number of alkyl halides is 3. The number of nitrogens with one attached hydrogen (secondary N) is 3. The summed E-state index contributed by atoms with van der Waals surface area (Å²) in [5.41, 5.74) is -4.63. The number of hydrogen-bond donors (Lipinski definition) is 3. The van der Waals surface area contributed by atoms with Gasteiger partial charge in [0.2, 0.25) is 33.3 Å². The third kappa shape index (κ3) is 8.79. The molecular weight excluding hydrogens is 819 g/mol. The van der Waals surface area contributed by atoms with E-state index in [1.165, 1.54) is 33.4 Å². The Kier molecular flexibility index (Phi) is 12.1. The summed E-state index contributed by atoms with van der Waals surface area (Å²) in [4.78, 5) is 61.8. The van der Waals surface area contributed by atoms with Gasteiger partial charge in [-0.05, 0) is 76.8 Å². The zero-order valence-corrected chi connectivity index (χ0v) is 35.2. The summed E-state index contributed by atoms with van der Waals surface area (Å²) in [6.07, 6.45) is -0.591.